The van der Waals surface area contributed by atoms with E-state index in [0.29, 0.717) is 5.56 Å². The number of benzene rings is 2. The van der Waals surface area contributed by atoms with E-state index in [0.717, 1.165) is 10.6 Å². The molecule has 0 bridgehead atoms. The van der Waals surface area contributed by atoms with Crippen molar-refractivity contribution >= 4 is 11.9 Å². The van der Waals surface area contributed by atoms with E-state index in [4.69, 9.17) is 4.84 Å². The third kappa shape index (κ3) is 4.17. The molecular formula is C17H17NO4. The van der Waals surface area contributed by atoms with Crippen LogP contribution in [0.25, 0.3) is 0 Å². The number of carboxylic acid groups (broad SMARTS) is 1. The normalized spacial score (nSPS) is 11.9. The van der Waals surface area contributed by atoms with Gasteiger partial charge in [-0.3, -0.25) is 4.79 Å². The highest BCUT2D eigenvalue weighted by molar-refractivity contribution is 5.89. The van der Waals surface area contributed by atoms with Crippen molar-refractivity contribution in [2.75, 3.05) is 7.05 Å². The maximum absolute atomic E-state index is 12.0. The monoisotopic (exact) mass is 299 g/mol. The van der Waals surface area contributed by atoms with Crippen molar-refractivity contribution in [3.63, 3.8) is 0 Å². The number of hydrogen-bond donors (Lipinski definition) is 1. The SMILES string of the molecule is CN(OC(=O)c1ccccc1)[C@@H](Cc1ccccc1)C(=O)O. The van der Waals surface area contributed by atoms with Crippen LogP contribution in [-0.4, -0.2) is 35.2 Å². The van der Waals surface area contributed by atoms with Crippen molar-refractivity contribution in [2.24, 2.45) is 0 Å². The minimum atomic E-state index is -1.05. The standard InChI is InChI=1S/C17H17NO4/c1-18(22-17(21)14-10-6-3-7-11-14)15(16(19)20)12-13-8-4-2-5-9-13/h2-11,15H,12H2,1H3,(H,19,20)/t15-/m0/s1. The van der Waals surface area contributed by atoms with E-state index < -0.39 is 18.0 Å². The number of carboxylic acids is 1. The second-order valence-electron chi connectivity index (χ2n) is 4.83. The Morgan fingerprint density at radius 2 is 1.59 bits per heavy atom. The molecule has 0 fully saturated rings. The molecule has 1 atom stereocenters. The molecule has 0 heterocycles. The average Bonchev–Trinajstić information content (AvgIpc) is 2.54. The fraction of sp³-hybridized carbons (Fsp3) is 0.176. The van der Waals surface area contributed by atoms with Crippen molar-refractivity contribution in [2.45, 2.75) is 12.5 Å². The lowest BCUT2D eigenvalue weighted by Crippen LogP contribution is -2.41. The van der Waals surface area contributed by atoms with E-state index in [9.17, 15) is 14.7 Å². The van der Waals surface area contributed by atoms with E-state index in [2.05, 4.69) is 0 Å². The van der Waals surface area contributed by atoms with Crippen molar-refractivity contribution in [1.82, 2.24) is 5.06 Å². The Hall–Kier alpha value is -2.66. The van der Waals surface area contributed by atoms with Crippen LogP contribution in [0.2, 0.25) is 0 Å². The molecule has 0 saturated heterocycles. The second-order valence-corrected chi connectivity index (χ2v) is 4.83. The molecule has 0 radical (unpaired) electrons. The van der Waals surface area contributed by atoms with E-state index in [1.807, 2.05) is 30.3 Å². The zero-order valence-electron chi connectivity index (χ0n) is 12.2. The molecule has 0 amide bonds. The molecule has 0 aliphatic heterocycles. The van der Waals surface area contributed by atoms with Crippen LogP contribution in [0.4, 0.5) is 0 Å². The summed E-state index contributed by atoms with van der Waals surface area (Å²) in [7, 11) is 1.45. The van der Waals surface area contributed by atoms with Gasteiger partial charge in [-0.25, -0.2) is 4.79 Å². The Balaban J connectivity index is 2.05. The summed E-state index contributed by atoms with van der Waals surface area (Å²) in [5.41, 5.74) is 1.23. The van der Waals surface area contributed by atoms with Crippen molar-refractivity contribution < 1.29 is 19.5 Å². The van der Waals surface area contributed by atoms with Gasteiger partial charge in [0.2, 0.25) is 0 Å². The van der Waals surface area contributed by atoms with E-state index in [1.54, 1.807) is 30.3 Å². The lowest BCUT2D eigenvalue weighted by atomic mass is 10.1. The first-order valence-corrected chi connectivity index (χ1v) is 6.85. The Morgan fingerprint density at radius 3 is 2.14 bits per heavy atom. The lowest BCUT2D eigenvalue weighted by Gasteiger charge is -2.23. The lowest BCUT2D eigenvalue weighted by molar-refractivity contribution is -0.164. The summed E-state index contributed by atoms with van der Waals surface area (Å²) >= 11 is 0. The van der Waals surface area contributed by atoms with Crippen LogP contribution in [0.3, 0.4) is 0 Å². The molecule has 2 aromatic rings. The van der Waals surface area contributed by atoms with Gasteiger partial charge in [0.15, 0.2) is 0 Å². The fourth-order valence-electron chi connectivity index (χ4n) is 2.03. The van der Waals surface area contributed by atoms with Gasteiger partial charge in [0, 0.05) is 13.5 Å². The molecule has 0 spiro atoms. The fourth-order valence-corrected chi connectivity index (χ4v) is 2.03. The van der Waals surface area contributed by atoms with Gasteiger partial charge in [0.25, 0.3) is 0 Å². The molecule has 0 saturated carbocycles. The van der Waals surface area contributed by atoms with Crippen LogP contribution in [0.5, 0.6) is 0 Å². The quantitative estimate of drug-likeness (QED) is 0.830. The number of likely N-dealkylation sites (N-methyl/N-ethyl adjacent to an activating group) is 1. The molecule has 5 heteroatoms. The number of hydrogen-bond acceptors (Lipinski definition) is 4. The van der Waals surface area contributed by atoms with Gasteiger partial charge >= 0.3 is 11.9 Å². The first-order valence-electron chi connectivity index (χ1n) is 6.85. The first-order chi connectivity index (χ1) is 10.6. The molecule has 114 valence electrons. The highest BCUT2D eigenvalue weighted by atomic mass is 16.7. The summed E-state index contributed by atoms with van der Waals surface area (Å²) in [6.45, 7) is 0. The topological polar surface area (TPSA) is 66.8 Å². The third-order valence-electron chi connectivity index (χ3n) is 3.23. The van der Waals surface area contributed by atoms with E-state index in [1.165, 1.54) is 7.05 Å². The molecular weight excluding hydrogens is 282 g/mol. The van der Waals surface area contributed by atoms with Gasteiger partial charge in [0.05, 0.1) is 5.56 Å². The average molecular weight is 299 g/mol. The molecule has 0 aromatic heterocycles. The van der Waals surface area contributed by atoms with Gasteiger partial charge in [0.1, 0.15) is 6.04 Å². The number of nitrogens with zero attached hydrogens (tertiary/aromatic N) is 1. The Morgan fingerprint density at radius 1 is 1.05 bits per heavy atom. The molecule has 22 heavy (non-hydrogen) atoms. The Labute approximate surface area is 128 Å². The van der Waals surface area contributed by atoms with Crippen LogP contribution in [0.15, 0.2) is 60.7 Å². The molecule has 5 nitrogen and oxygen atoms in total. The molecule has 0 aliphatic carbocycles. The number of aliphatic carboxylic acids is 1. The summed E-state index contributed by atoms with van der Waals surface area (Å²) in [5, 5.41) is 10.4. The van der Waals surface area contributed by atoms with Crippen LogP contribution in [0.1, 0.15) is 15.9 Å². The van der Waals surface area contributed by atoms with Gasteiger partial charge in [-0.2, -0.15) is 0 Å². The number of carbonyl (C=O) groups excluding carboxylic acids is 1. The van der Waals surface area contributed by atoms with Gasteiger partial charge in [-0.05, 0) is 17.7 Å². The highest BCUT2D eigenvalue weighted by Gasteiger charge is 2.26. The zero-order valence-corrected chi connectivity index (χ0v) is 12.2. The van der Waals surface area contributed by atoms with E-state index >= 15 is 0 Å². The summed E-state index contributed by atoms with van der Waals surface area (Å²) in [5.74, 6) is -1.63. The number of carbonyl (C=O) groups is 2. The predicted octanol–water partition coefficient (Wildman–Crippen LogP) is 2.39. The smallest absolute Gasteiger partial charge is 0.357 e. The third-order valence-corrected chi connectivity index (χ3v) is 3.23. The zero-order chi connectivity index (χ0) is 15.9. The Kier molecular flexibility index (Phi) is 5.27. The van der Waals surface area contributed by atoms with Crippen LogP contribution in [0, 0.1) is 0 Å². The van der Waals surface area contributed by atoms with Crippen molar-refractivity contribution in [3.05, 3.63) is 71.8 Å². The highest BCUT2D eigenvalue weighted by Crippen LogP contribution is 2.11. The summed E-state index contributed by atoms with van der Waals surface area (Å²) < 4.78 is 0. The van der Waals surface area contributed by atoms with Gasteiger partial charge in [-0.1, -0.05) is 48.5 Å². The molecule has 2 rings (SSSR count). The van der Waals surface area contributed by atoms with Crippen LogP contribution in [-0.2, 0) is 16.1 Å². The van der Waals surface area contributed by atoms with E-state index in [-0.39, 0.29) is 6.42 Å². The molecule has 0 aliphatic rings. The minimum absolute atomic E-state index is 0.245. The number of rotatable bonds is 6. The molecule has 0 unspecified atom stereocenters. The van der Waals surface area contributed by atoms with Gasteiger partial charge < -0.3 is 9.94 Å². The number of hydroxylamine groups is 2. The van der Waals surface area contributed by atoms with Gasteiger partial charge in [-0.15, -0.1) is 5.06 Å². The van der Waals surface area contributed by atoms with Crippen molar-refractivity contribution in [1.29, 1.82) is 0 Å². The molecule has 2 aromatic carbocycles. The van der Waals surface area contributed by atoms with Crippen LogP contribution < -0.4 is 0 Å². The molecule has 1 N–H and O–H groups in total. The predicted molar refractivity (Wildman–Crippen MR) is 81.2 cm³/mol. The Bertz CT molecular complexity index is 628. The summed E-state index contributed by atoms with van der Waals surface area (Å²) in [6, 6.07) is 16.7. The second kappa shape index (κ2) is 7.38. The largest absolute Gasteiger partial charge is 0.480 e. The van der Waals surface area contributed by atoms with Crippen molar-refractivity contribution in [3.8, 4) is 0 Å². The maximum Gasteiger partial charge on any atom is 0.357 e. The maximum atomic E-state index is 12.0. The first kappa shape index (κ1) is 15.7. The summed E-state index contributed by atoms with van der Waals surface area (Å²) in [6.07, 6.45) is 0.245. The summed E-state index contributed by atoms with van der Waals surface area (Å²) in [4.78, 5) is 28.6. The van der Waals surface area contributed by atoms with Crippen LogP contribution >= 0.6 is 0 Å². The minimum Gasteiger partial charge on any atom is -0.480 e.